The number of hydrogen-bond donors (Lipinski definition) is 0. The van der Waals surface area contributed by atoms with E-state index in [1.165, 1.54) is 24.0 Å². The van der Waals surface area contributed by atoms with Gasteiger partial charge in [0.1, 0.15) is 6.10 Å². The van der Waals surface area contributed by atoms with Crippen LogP contribution in [0.3, 0.4) is 0 Å². The van der Waals surface area contributed by atoms with Crippen LogP contribution in [-0.2, 0) is 9.53 Å². The normalized spacial score (nSPS) is 38.1. The fourth-order valence-electron chi connectivity index (χ4n) is 3.51. The monoisotopic (exact) mass is 206 g/mol. The Hall–Kier alpha value is -0.630. The van der Waals surface area contributed by atoms with E-state index in [0.29, 0.717) is 5.78 Å². The lowest BCUT2D eigenvalue weighted by Gasteiger charge is -2.46. The third-order valence-corrected chi connectivity index (χ3v) is 4.41. The fraction of sp³-hybridized carbons (Fsp3) is 0.769. The first-order chi connectivity index (χ1) is 7.10. The van der Waals surface area contributed by atoms with Crippen molar-refractivity contribution >= 4 is 5.78 Å². The Balaban J connectivity index is 2.10. The van der Waals surface area contributed by atoms with Crippen molar-refractivity contribution in [3.63, 3.8) is 0 Å². The van der Waals surface area contributed by atoms with Gasteiger partial charge in [0.05, 0.1) is 6.10 Å². The van der Waals surface area contributed by atoms with E-state index in [2.05, 4.69) is 13.8 Å². The Labute approximate surface area is 90.7 Å². The van der Waals surface area contributed by atoms with Crippen molar-refractivity contribution in [1.29, 1.82) is 0 Å². The smallest absolute Gasteiger partial charge is 0.165 e. The summed E-state index contributed by atoms with van der Waals surface area (Å²) in [6.45, 7) is 4.56. The van der Waals surface area contributed by atoms with Gasteiger partial charge in [-0.25, -0.2) is 0 Å². The summed E-state index contributed by atoms with van der Waals surface area (Å²) >= 11 is 0. The molecule has 0 radical (unpaired) electrons. The van der Waals surface area contributed by atoms with E-state index >= 15 is 0 Å². The molecule has 0 saturated carbocycles. The van der Waals surface area contributed by atoms with Crippen LogP contribution in [0.4, 0.5) is 0 Å². The summed E-state index contributed by atoms with van der Waals surface area (Å²) in [5.41, 5.74) is 3.04. The van der Waals surface area contributed by atoms with Crippen molar-refractivity contribution in [1.82, 2.24) is 0 Å². The summed E-state index contributed by atoms with van der Waals surface area (Å²) in [7, 11) is 0. The first kappa shape index (κ1) is 9.59. The summed E-state index contributed by atoms with van der Waals surface area (Å²) in [5.74, 6) is 0.316. The van der Waals surface area contributed by atoms with E-state index < -0.39 is 0 Å². The lowest BCUT2D eigenvalue weighted by molar-refractivity contribution is -0.148. The number of hydrogen-bond acceptors (Lipinski definition) is 2. The molecule has 2 aliphatic heterocycles. The second-order valence-electron chi connectivity index (χ2n) is 5.59. The first-order valence-electron chi connectivity index (χ1n) is 6.01. The van der Waals surface area contributed by atoms with Crippen LogP contribution in [0.1, 0.15) is 46.0 Å². The largest absolute Gasteiger partial charge is 0.362 e. The molecule has 0 spiro atoms. The molecule has 0 amide bonds. The van der Waals surface area contributed by atoms with Gasteiger partial charge >= 0.3 is 0 Å². The molecule has 1 fully saturated rings. The number of ketones is 1. The molecule has 3 aliphatic rings. The van der Waals surface area contributed by atoms with Gasteiger partial charge in [0.25, 0.3) is 0 Å². The fourth-order valence-corrected chi connectivity index (χ4v) is 3.51. The molecular weight excluding hydrogens is 188 g/mol. The maximum atomic E-state index is 11.8. The lowest BCUT2D eigenvalue weighted by Crippen LogP contribution is -2.48. The average molecular weight is 206 g/mol. The van der Waals surface area contributed by atoms with Crippen molar-refractivity contribution in [2.75, 3.05) is 0 Å². The Morgan fingerprint density at radius 1 is 1.27 bits per heavy atom. The number of carbonyl (C=O) groups is 1. The highest BCUT2D eigenvalue weighted by molar-refractivity contribution is 5.87. The molecule has 0 aromatic heterocycles. The highest BCUT2D eigenvalue weighted by Crippen LogP contribution is 2.51. The first-order valence-corrected chi connectivity index (χ1v) is 6.01. The highest BCUT2D eigenvalue weighted by atomic mass is 16.5. The van der Waals surface area contributed by atoms with E-state index in [4.69, 9.17) is 4.74 Å². The van der Waals surface area contributed by atoms with Gasteiger partial charge in [-0.2, -0.15) is 0 Å². The molecule has 2 atom stereocenters. The second kappa shape index (κ2) is 2.94. The van der Waals surface area contributed by atoms with Crippen LogP contribution in [0.15, 0.2) is 11.1 Å². The number of fused-ring (bicyclic) bond motifs is 3. The van der Waals surface area contributed by atoms with Crippen molar-refractivity contribution in [3.8, 4) is 0 Å². The van der Waals surface area contributed by atoms with Gasteiger partial charge in [-0.1, -0.05) is 19.4 Å². The van der Waals surface area contributed by atoms with Crippen LogP contribution in [0.25, 0.3) is 0 Å². The minimum atomic E-state index is -0.158. The molecule has 2 heterocycles. The topological polar surface area (TPSA) is 26.3 Å². The summed E-state index contributed by atoms with van der Waals surface area (Å²) < 4.78 is 5.96. The molecule has 2 bridgehead atoms. The third kappa shape index (κ3) is 1.17. The van der Waals surface area contributed by atoms with E-state index in [-0.39, 0.29) is 17.6 Å². The highest BCUT2D eigenvalue weighted by Gasteiger charge is 2.48. The predicted molar refractivity (Wildman–Crippen MR) is 57.6 cm³/mol. The SMILES string of the molecule is CC1(C)C2=C(CCC2)[C@H]2O[C@@H]1CCC2=O. The minimum absolute atomic E-state index is 0.158. The van der Waals surface area contributed by atoms with Crippen molar-refractivity contribution < 1.29 is 9.53 Å². The van der Waals surface area contributed by atoms with Gasteiger partial charge in [0.2, 0.25) is 0 Å². The summed E-state index contributed by atoms with van der Waals surface area (Å²) in [4.78, 5) is 11.8. The van der Waals surface area contributed by atoms with Gasteiger partial charge in [0, 0.05) is 11.8 Å². The molecule has 3 rings (SSSR count). The van der Waals surface area contributed by atoms with Crippen LogP contribution in [0.5, 0.6) is 0 Å². The minimum Gasteiger partial charge on any atom is -0.362 e. The molecule has 1 aliphatic carbocycles. The van der Waals surface area contributed by atoms with E-state index in [9.17, 15) is 4.79 Å². The summed E-state index contributed by atoms with van der Waals surface area (Å²) in [6, 6.07) is 0. The van der Waals surface area contributed by atoms with E-state index in [1.807, 2.05) is 0 Å². The van der Waals surface area contributed by atoms with Gasteiger partial charge in [-0.3, -0.25) is 4.79 Å². The third-order valence-electron chi connectivity index (χ3n) is 4.41. The lowest BCUT2D eigenvalue weighted by atomic mass is 9.70. The Morgan fingerprint density at radius 3 is 2.87 bits per heavy atom. The molecule has 2 heteroatoms. The average Bonchev–Trinajstić information content (AvgIpc) is 2.66. The Morgan fingerprint density at radius 2 is 2.07 bits per heavy atom. The van der Waals surface area contributed by atoms with E-state index in [0.717, 1.165) is 19.3 Å². The summed E-state index contributed by atoms with van der Waals surface area (Å²) in [6.07, 6.45) is 5.24. The Kier molecular flexibility index (Phi) is 1.88. The van der Waals surface area contributed by atoms with Crippen LogP contribution in [0, 0.1) is 5.41 Å². The maximum Gasteiger partial charge on any atom is 0.165 e. The zero-order valence-electron chi connectivity index (χ0n) is 9.51. The molecule has 0 aromatic carbocycles. The van der Waals surface area contributed by atoms with Crippen molar-refractivity contribution in [2.45, 2.75) is 58.2 Å². The molecule has 0 aromatic rings. The number of rotatable bonds is 0. The van der Waals surface area contributed by atoms with Crippen molar-refractivity contribution in [2.24, 2.45) is 5.41 Å². The summed E-state index contributed by atoms with van der Waals surface area (Å²) in [5, 5.41) is 0. The quantitative estimate of drug-likeness (QED) is 0.569. The number of Topliss-reactive ketones (excluding diaryl/α,β-unsaturated/α-hetero) is 1. The van der Waals surface area contributed by atoms with Crippen LogP contribution in [-0.4, -0.2) is 18.0 Å². The van der Waals surface area contributed by atoms with Gasteiger partial charge in [0.15, 0.2) is 5.78 Å². The van der Waals surface area contributed by atoms with Gasteiger partial charge in [-0.15, -0.1) is 0 Å². The standard InChI is InChI=1S/C13H18O2/c1-13(2)9-5-3-4-8(9)12-10(14)6-7-11(13)15-12/h11-12H,3-7H2,1-2H3/t11-,12-/m1/s1. The molecular formula is C13H18O2. The molecule has 0 unspecified atom stereocenters. The zero-order valence-corrected chi connectivity index (χ0v) is 9.51. The van der Waals surface area contributed by atoms with Crippen LogP contribution in [0.2, 0.25) is 0 Å². The van der Waals surface area contributed by atoms with Crippen molar-refractivity contribution in [3.05, 3.63) is 11.1 Å². The molecule has 1 saturated heterocycles. The molecule has 0 N–H and O–H groups in total. The molecule has 82 valence electrons. The molecule has 2 nitrogen and oxygen atoms in total. The number of ether oxygens (including phenoxy) is 1. The van der Waals surface area contributed by atoms with Crippen LogP contribution < -0.4 is 0 Å². The molecule has 15 heavy (non-hydrogen) atoms. The Bertz CT molecular complexity index is 352. The predicted octanol–water partition coefficient (Wildman–Crippen LogP) is 2.62. The zero-order chi connectivity index (χ0) is 10.6. The number of carbonyl (C=O) groups excluding carboxylic acids is 1. The van der Waals surface area contributed by atoms with Gasteiger partial charge < -0.3 is 4.74 Å². The maximum absolute atomic E-state index is 11.8. The van der Waals surface area contributed by atoms with Crippen LogP contribution >= 0.6 is 0 Å². The van der Waals surface area contributed by atoms with E-state index in [1.54, 1.807) is 0 Å². The second-order valence-corrected chi connectivity index (χ2v) is 5.59. The van der Waals surface area contributed by atoms with Gasteiger partial charge in [-0.05, 0) is 31.3 Å².